The van der Waals surface area contributed by atoms with E-state index in [1.807, 2.05) is 60.7 Å². The molecule has 1 aliphatic rings. The summed E-state index contributed by atoms with van der Waals surface area (Å²) in [4.78, 5) is 0. The third kappa shape index (κ3) is 5.11. The van der Waals surface area contributed by atoms with E-state index in [1.165, 1.54) is 37.7 Å². The predicted octanol–water partition coefficient (Wildman–Crippen LogP) is 6.62. The molecule has 0 amide bonds. The Hall–Kier alpha value is -1.85. The molecule has 1 aliphatic carbocycles. The Morgan fingerprint density at radius 1 is 1.00 bits per heavy atom. The molecule has 0 spiro atoms. The summed E-state index contributed by atoms with van der Waals surface area (Å²) in [5.74, 6) is 0. The van der Waals surface area contributed by atoms with Gasteiger partial charge in [0.2, 0.25) is 0 Å². The van der Waals surface area contributed by atoms with Gasteiger partial charge in [-0.1, -0.05) is 86.2 Å². The number of unbranched alkanes of at least 4 members (excludes halogenated alkanes) is 1. The molecule has 0 saturated carbocycles. The number of hydrogen-bond acceptors (Lipinski definition) is 1. The Balaban J connectivity index is 1.74. The van der Waals surface area contributed by atoms with E-state index in [-0.39, 0.29) is 0 Å². The number of benzene rings is 2. The van der Waals surface area contributed by atoms with Gasteiger partial charge in [0.25, 0.3) is 0 Å². The standard InChI is InChI=1S/C25H31OP/c1-2-13-22(23-14-9-10-15-23)16-11-12-21-27(26,24-17-5-3-6-18-24)25-19-7-4-8-20-25/h3-8,14,16-20H,2,9-13,15,21H2,1H3/b22-16-. The van der Waals surface area contributed by atoms with E-state index >= 15 is 0 Å². The average Bonchev–Trinajstić information content (AvgIpc) is 3.26. The molecule has 0 bridgehead atoms. The van der Waals surface area contributed by atoms with E-state index in [4.69, 9.17) is 0 Å². The van der Waals surface area contributed by atoms with Crippen molar-refractivity contribution in [1.82, 2.24) is 0 Å². The average molecular weight is 378 g/mol. The maximum absolute atomic E-state index is 14.0. The third-order valence-corrected chi connectivity index (χ3v) is 8.60. The first-order chi connectivity index (χ1) is 13.2. The summed E-state index contributed by atoms with van der Waals surface area (Å²) < 4.78 is 14.0. The molecule has 27 heavy (non-hydrogen) atoms. The van der Waals surface area contributed by atoms with Crippen LogP contribution in [0.4, 0.5) is 0 Å². The fourth-order valence-electron chi connectivity index (χ4n) is 3.96. The van der Waals surface area contributed by atoms with Crippen LogP contribution in [0.2, 0.25) is 0 Å². The van der Waals surface area contributed by atoms with Crippen LogP contribution in [0.25, 0.3) is 0 Å². The first-order valence-electron chi connectivity index (χ1n) is 10.3. The van der Waals surface area contributed by atoms with Crippen LogP contribution in [0.1, 0.15) is 51.9 Å². The molecule has 0 fully saturated rings. The minimum Gasteiger partial charge on any atom is -0.314 e. The second kappa shape index (κ2) is 9.90. The molecule has 0 unspecified atom stereocenters. The van der Waals surface area contributed by atoms with Gasteiger partial charge < -0.3 is 4.57 Å². The largest absolute Gasteiger partial charge is 0.314 e. The Kier molecular flexibility index (Phi) is 7.30. The maximum atomic E-state index is 14.0. The molecule has 0 radical (unpaired) electrons. The Labute approximate surface area is 164 Å². The normalized spacial score (nSPS) is 15.0. The molecule has 0 aliphatic heterocycles. The van der Waals surface area contributed by atoms with Gasteiger partial charge in [0.05, 0.1) is 0 Å². The molecule has 0 heterocycles. The van der Waals surface area contributed by atoms with Crippen molar-refractivity contribution in [1.29, 1.82) is 0 Å². The summed E-state index contributed by atoms with van der Waals surface area (Å²) in [6, 6.07) is 20.1. The monoisotopic (exact) mass is 378 g/mol. The zero-order valence-corrected chi connectivity index (χ0v) is 17.3. The molecule has 142 valence electrons. The molecule has 2 heteroatoms. The quantitative estimate of drug-likeness (QED) is 0.354. The van der Waals surface area contributed by atoms with Gasteiger partial charge in [-0.25, -0.2) is 0 Å². The van der Waals surface area contributed by atoms with E-state index in [9.17, 15) is 4.57 Å². The minimum atomic E-state index is -2.57. The molecule has 0 atom stereocenters. The Bertz CT molecular complexity index is 774. The van der Waals surface area contributed by atoms with Crippen molar-refractivity contribution in [2.45, 2.75) is 51.9 Å². The summed E-state index contributed by atoms with van der Waals surface area (Å²) in [6.45, 7) is 2.25. The Morgan fingerprint density at radius 2 is 1.63 bits per heavy atom. The van der Waals surface area contributed by atoms with Crippen molar-refractivity contribution in [2.75, 3.05) is 6.16 Å². The van der Waals surface area contributed by atoms with E-state index < -0.39 is 7.14 Å². The Morgan fingerprint density at radius 3 is 2.15 bits per heavy atom. The van der Waals surface area contributed by atoms with Gasteiger partial charge in [-0.05, 0) is 49.7 Å². The number of rotatable bonds is 9. The molecule has 0 aromatic heterocycles. The summed E-state index contributed by atoms with van der Waals surface area (Å²) in [5, 5.41) is 1.96. The fourth-order valence-corrected chi connectivity index (χ4v) is 6.71. The van der Waals surface area contributed by atoms with Crippen molar-refractivity contribution in [2.24, 2.45) is 0 Å². The van der Waals surface area contributed by atoms with Crippen molar-refractivity contribution >= 4 is 17.8 Å². The second-order valence-corrected chi connectivity index (χ2v) is 10.3. The van der Waals surface area contributed by atoms with Crippen LogP contribution in [-0.2, 0) is 4.57 Å². The highest BCUT2D eigenvalue weighted by atomic mass is 31.2. The van der Waals surface area contributed by atoms with Crippen LogP contribution in [0, 0.1) is 0 Å². The third-order valence-electron chi connectivity index (χ3n) is 5.39. The van der Waals surface area contributed by atoms with Gasteiger partial charge >= 0.3 is 0 Å². The lowest BCUT2D eigenvalue weighted by molar-refractivity contribution is 0.585. The van der Waals surface area contributed by atoms with Crippen LogP contribution >= 0.6 is 7.14 Å². The molecule has 3 rings (SSSR count). The first kappa shape index (κ1) is 19.9. The molecule has 2 aromatic carbocycles. The number of hydrogen-bond donors (Lipinski definition) is 0. The smallest absolute Gasteiger partial charge is 0.143 e. The van der Waals surface area contributed by atoms with Crippen LogP contribution in [0.15, 0.2) is 84.0 Å². The van der Waals surface area contributed by atoms with Crippen molar-refractivity contribution in [3.05, 3.63) is 84.0 Å². The van der Waals surface area contributed by atoms with E-state index in [1.54, 1.807) is 5.57 Å². The molecule has 0 N–H and O–H groups in total. The van der Waals surface area contributed by atoms with E-state index in [2.05, 4.69) is 19.1 Å². The highest BCUT2D eigenvalue weighted by molar-refractivity contribution is 7.78. The highest BCUT2D eigenvalue weighted by Crippen LogP contribution is 2.44. The lowest BCUT2D eigenvalue weighted by Gasteiger charge is -2.19. The van der Waals surface area contributed by atoms with Gasteiger partial charge in [0.1, 0.15) is 7.14 Å². The summed E-state index contributed by atoms with van der Waals surface area (Å²) in [6.07, 6.45) is 13.7. The van der Waals surface area contributed by atoms with E-state index in [0.29, 0.717) is 0 Å². The van der Waals surface area contributed by atoms with Gasteiger partial charge in [-0.3, -0.25) is 0 Å². The molecule has 1 nitrogen and oxygen atoms in total. The zero-order valence-electron chi connectivity index (χ0n) is 16.4. The molecule has 2 aromatic rings. The second-order valence-electron chi connectivity index (χ2n) is 7.38. The van der Waals surface area contributed by atoms with Crippen molar-refractivity contribution < 1.29 is 4.57 Å². The zero-order chi connectivity index (χ0) is 19.0. The topological polar surface area (TPSA) is 17.1 Å². The number of allylic oxidation sites excluding steroid dienone is 4. The highest BCUT2D eigenvalue weighted by Gasteiger charge is 2.26. The molecule has 0 saturated heterocycles. The van der Waals surface area contributed by atoms with Gasteiger partial charge in [-0.15, -0.1) is 0 Å². The summed E-state index contributed by atoms with van der Waals surface area (Å²) >= 11 is 0. The fraction of sp³-hybridized carbons (Fsp3) is 0.360. The summed E-state index contributed by atoms with van der Waals surface area (Å²) in [7, 11) is -2.57. The predicted molar refractivity (Wildman–Crippen MR) is 119 cm³/mol. The molecular weight excluding hydrogens is 347 g/mol. The van der Waals surface area contributed by atoms with Crippen LogP contribution in [-0.4, -0.2) is 6.16 Å². The van der Waals surface area contributed by atoms with Gasteiger partial charge in [-0.2, -0.15) is 0 Å². The lowest BCUT2D eigenvalue weighted by Crippen LogP contribution is -2.18. The lowest BCUT2D eigenvalue weighted by atomic mass is 9.99. The van der Waals surface area contributed by atoms with Crippen LogP contribution in [0.3, 0.4) is 0 Å². The van der Waals surface area contributed by atoms with Crippen molar-refractivity contribution in [3.8, 4) is 0 Å². The van der Waals surface area contributed by atoms with E-state index in [0.717, 1.165) is 29.6 Å². The van der Waals surface area contributed by atoms with Crippen molar-refractivity contribution in [3.63, 3.8) is 0 Å². The van der Waals surface area contributed by atoms with Crippen LogP contribution in [0.5, 0.6) is 0 Å². The first-order valence-corrected chi connectivity index (χ1v) is 12.2. The van der Waals surface area contributed by atoms with Gasteiger partial charge in [0.15, 0.2) is 0 Å². The molecular formula is C25H31OP. The summed E-state index contributed by atoms with van der Waals surface area (Å²) in [5.41, 5.74) is 3.09. The minimum absolute atomic E-state index is 0.732. The van der Waals surface area contributed by atoms with Gasteiger partial charge in [0, 0.05) is 16.8 Å². The van der Waals surface area contributed by atoms with Crippen LogP contribution < -0.4 is 10.6 Å². The SMILES string of the molecule is CCC/C(=C/CCCP(=O)(c1ccccc1)c1ccccc1)C1=CCCC1. The maximum Gasteiger partial charge on any atom is 0.143 e.